The van der Waals surface area contributed by atoms with E-state index in [1.807, 2.05) is 13.0 Å². The van der Waals surface area contributed by atoms with Crippen molar-refractivity contribution in [3.05, 3.63) is 29.3 Å². The van der Waals surface area contributed by atoms with Gasteiger partial charge in [-0.15, -0.1) is 0 Å². The van der Waals surface area contributed by atoms with E-state index in [2.05, 4.69) is 45.1 Å². The Morgan fingerprint density at radius 3 is 2.61 bits per heavy atom. The maximum Gasteiger partial charge on any atom is 0.257 e. The van der Waals surface area contributed by atoms with E-state index in [1.165, 1.54) is 19.3 Å². The summed E-state index contributed by atoms with van der Waals surface area (Å²) in [6, 6.07) is 6.19. The van der Waals surface area contributed by atoms with Gasteiger partial charge in [-0.25, -0.2) is 0 Å². The minimum absolute atomic E-state index is 0.0313. The van der Waals surface area contributed by atoms with Gasteiger partial charge in [0, 0.05) is 6.54 Å². The van der Waals surface area contributed by atoms with Gasteiger partial charge < -0.3 is 10.1 Å². The summed E-state index contributed by atoms with van der Waals surface area (Å²) in [6.07, 6.45) is 4.73. The summed E-state index contributed by atoms with van der Waals surface area (Å²) in [5.41, 5.74) is 2.30. The zero-order chi connectivity index (χ0) is 17.2. The lowest BCUT2D eigenvalue weighted by atomic mass is 9.99. The van der Waals surface area contributed by atoms with Crippen LogP contribution in [-0.2, 0) is 4.79 Å². The van der Waals surface area contributed by atoms with E-state index in [-0.39, 0.29) is 12.5 Å². The van der Waals surface area contributed by atoms with Crippen molar-refractivity contribution >= 4 is 5.91 Å². The van der Waals surface area contributed by atoms with Crippen molar-refractivity contribution in [2.75, 3.05) is 13.2 Å². The molecule has 1 aromatic carbocycles. The Bertz CT molecular complexity index is 483. The lowest BCUT2D eigenvalue weighted by Gasteiger charge is -2.17. The molecule has 0 heterocycles. The van der Waals surface area contributed by atoms with Crippen molar-refractivity contribution < 1.29 is 9.53 Å². The van der Waals surface area contributed by atoms with E-state index >= 15 is 0 Å². The molecule has 0 aliphatic carbocycles. The summed E-state index contributed by atoms with van der Waals surface area (Å²) in [6.45, 7) is 11.5. The van der Waals surface area contributed by atoms with Crippen molar-refractivity contribution in [3.63, 3.8) is 0 Å². The average Bonchev–Trinajstić information content (AvgIpc) is 2.52. The highest BCUT2D eigenvalue weighted by Gasteiger charge is 2.12. The molecule has 0 fully saturated rings. The number of amides is 1. The van der Waals surface area contributed by atoms with E-state index in [9.17, 15) is 4.79 Å². The smallest absolute Gasteiger partial charge is 0.257 e. The number of aryl methyl sites for hydroxylation is 1. The first-order valence-corrected chi connectivity index (χ1v) is 8.97. The molecule has 130 valence electrons. The van der Waals surface area contributed by atoms with Crippen LogP contribution in [0.25, 0.3) is 0 Å². The molecule has 1 aromatic rings. The Labute approximate surface area is 141 Å². The Balaban J connectivity index is 2.48. The normalized spacial score (nSPS) is 12.3. The Hall–Kier alpha value is -1.51. The van der Waals surface area contributed by atoms with Crippen molar-refractivity contribution in [2.24, 2.45) is 5.92 Å². The van der Waals surface area contributed by atoms with Crippen LogP contribution < -0.4 is 10.1 Å². The minimum Gasteiger partial charge on any atom is -0.483 e. The van der Waals surface area contributed by atoms with Gasteiger partial charge >= 0.3 is 0 Å². The first kappa shape index (κ1) is 19.5. The number of carbonyl (C=O) groups excluding carboxylic acids is 1. The van der Waals surface area contributed by atoms with Crippen LogP contribution in [0.5, 0.6) is 5.75 Å². The van der Waals surface area contributed by atoms with E-state index in [1.54, 1.807) is 0 Å². The van der Waals surface area contributed by atoms with E-state index in [0.717, 1.165) is 29.8 Å². The van der Waals surface area contributed by atoms with Gasteiger partial charge in [-0.3, -0.25) is 4.79 Å². The fraction of sp³-hybridized carbons (Fsp3) is 0.650. The first-order chi connectivity index (χ1) is 11.0. The van der Waals surface area contributed by atoms with E-state index < -0.39 is 0 Å². The van der Waals surface area contributed by atoms with Crippen LogP contribution in [0.3, 0.4) is 0 Å². The second-order valence-corrected chi connectivity index (χ2v) is 6.71. The molecular weight excluding hydrogens is 286 g/mol. The minimum atomic E-state index is -0.0313. The number of ether oxygens (including phenoxy) is 1. The van der Waals surface area contributed by atoms with Gasteiger partial charge in [0.15, 0.2) is 6.61 Å². The second-order valence-electron chi connectivity index (χ2n) is 6.71. The quantitative estimate of drug-likeness (QED) is 0.671. The number of hydrogen-bond acceptors (Lipinski definition) is 2. The van der Waals surface area contributed by atoms with Crippen LogP contribution in [0.4, 0.5) is 0 Å². The molecule has 0 unspecified atom stereocenters. The van der Waals surface area contributed by atoms with Crippen LogP contribution in [0.2, 0.25) is 0 Å². The van der Waals surface area contributed by atoms with Crippen molar-refractivity contribution in [1.29, 1.82) is 0 Å². The molecule has 0 aliphatic heterocycles. The maximum absolute atomic E-state index is 12.0. The summed E-state index contributed by atoms with van der Waals surface area (Å²) in [5.74, 6) is 1.75. The molecule has 0 saturated carbocycles. The summed E-state index contributed by atoms with van der Waals surface area (Å²) >= 11 is 0. The number of nitrogens with one attached hydrogen (secondary N) is 1. The van der Waals surface area contributed by atoms with Gasteiger partial charge in [-0.2, -0.15) is 0 Å². The number of benzene rings is 1. The van der Waals surface area contributed by atoms with Crippen molar-refractivity contribution in [1.82, 2.24) is 5.32 Å². The van der Waals surface area contributed by atoms with Gasteiger partial charge in [-0.05, 0) is 42.4 Å². The van der Waals surface area contributed by atoms with E-state index in [0.29, 0.717) is 11.8 Å². The van der Waals surface area contributed by atoms with Gasteiger partial charge in [0.25, 0.3) is 5.91 Å². The third-order valence-electron chi connectivity index (χ3n) is 4.28. The van der Waals surface area contributed by atoms with E-state index in [4.69, 9.17) is 4.74 Å². The molecule has 1 N–H and O–H groups in total. The topological polar surface area (TPSA) is 38.3 Å². The lowest BCUT2D eigenvalue weighted by molar-refractivity contribution is -0.123. The number of carbonyl (C=O) groups is 1. The number of hydrogen-bond donors (Lipinski definition) is 1. The average molecular weight is 319 g/mol. The Morgan fingerprint density at radius 1 is 1.26 bits per heavy atom. The molecule has 0 saturated heterocycles. The standard InChI is InChI=1S/C20H33NO2/c1-6-8-9-17(7-2)13-21-20(22)14-23-19-12-16(5)10-11-18(19)15(3)4/h10-12,15,17H,6-9,13-14H2,1-5H3,(H,21,22)/t17-/m0/s1. The molecule has 1 amide bonds. The third-order valence-corrected chi connectivity index (χ3v) is 4.28. The Kier molecular flexibility index (Phi) is 8.75. The fourth-order valence-electron chi connectivity index (χ4n) is 2.64. The van der Waals surface area contributed by atoms with Gasteiger partial charge in [0.05, 0.1) is 0 Å². The first-order valence-electron chi connectivity index (χ1n) is 8.97. The van der Waals surface area contributed by atoms with Crippen LogP contribution in [-0.4, -0.2) is 19.1 Å². The third kappa shape index (κ3) is 7.06. The highest BCUT2D eigenvalue weighted by molar-refractivity contribution is 5.77. The van der Waals surface area contributed by atoms with Crippen LogP contribution in [0.15, 0.2) is 18.2 Å². The van der Waals surface area contributed by atoms with Crippen molar-refractivity contribution in [3.8, 4) is 5.75 Å². The van der Waals surface area contributed by atoms with Gasteiger partial charge in [0.1, 0.15) is 5.75 Å². The van der Waals surface area contributed by atoms with Gasteiger partial charge in [-0.1, -0.05) is 59.1 Å². The second kappa shape index (κ2) is 10.3. The van der Waals surface area contributed by atoms with Crippen LogP contribution in [0.1, 0.15) is 70.4 Å². The monoisotopic (exact) mass is 319 g/mol. The molecule has 0 radical (unpaired) electrons. The summed E-state index contributed by atoms with van der Waals surface area (Å²) < 4.78 is 5.78. The molecule has 1 rings (SSSR count). The highest BCUT2D eigenvalue weighted by atomic mass is 16.5. The largest absolute Gasteiger partial charge is 0.483 e. The fourth-order valence-corrected chi connectivity index (χ4v) is 2.64. The molecule has 0 aliphatic rings. The number of rotatable bonds is 10. The van der Waals surface area contributed by atoms with Crippen molar-refractivity contribution in [2.45, 2.75) is 66.2 Å². The SMILES string of the molecule is CCCC[C@H](CC)CNC(=O)COc1cc(C)ccc1C(C)C. The molecular formula is C20H33NO2. The molecule has 1 atom stereocenters. The zero-order valence-corrected chi connectivity index (χ0v) is 15.4. The predicted molar refractivity (Wildman–Crippen MR) is 97.1 cm³/mol. The summed E-state index contributed by atoms with van der Waals surface area (Å²) in [7, 11) is 0. The molecule has 0 bridgehead atoms. The number of unbranched alkanes of at least 4 members (excludes halogenated alkanes) is 1. The molecule has 3 nitrogen and oxygen atoms in total. The summed E-state index contributed by atoms with van der Waals surface area (Å²) in [4.78, 5) is 12.0. The lowest BCUT2D eigenvalue weighted by Crippen LogP contribution is -2.33. The van der Waals surface area contributed by atoms with Crippen LogP contribution >= 0.6 is 0 Å². The molecule has 23 heavy (non-hydrogen) atoms. The molecule has 0 spiro atoms. The van der Waals surface area contributed by atoms with Crippen LogP contribution in [0, 0.1) is 12.8 Å². The van der Waals surface area contributed by atoms with Gasteiger partial charge in [0.2, 0.25) is 0 Å². The highest BCUT2D eigenvalue weighted by Crippen LogP contribution is 2.27. The Morgan fingerprint density at radius 2 is 2.00 bits per heavy atom. The zero-order valence-electron chi connectivity index (χ0n) is 15.4. The predicted octanol–water partition coefficient (Wildman–Crippen LogP) is 4.83. The molecule has 3 heteroatoms. The maximum atomic E-state index is 12.0. The summed E-state index contributed by atoms with van der Waals surface area (Å²) in [5, 5.41) is 3.01. The molecule has 0 aromatic heterocycles.